The summed E-state index contributed by atoms with van der Waals surface area (Å²) >= 11 is 3.42. The molecule has 1 aromatic heterocycles. The molecule has 0 spiro atoms. The van der Waals surface area contributed by atoms with E-state index in [-0.39, 0.29) is 5.91 Å². The number of β-amino-alcohol motifs (C(OH)–C–C–N with tert-alkyl or cyclic N) is 1. The Morgan fingerprint density at radius 3 is 3.00 bits per heavy atom. The lowest BCUT2D eigenvalue weighted by Gasteiger charge is -2.13. The normalized spacial score (nSPS) is 19.3. The molecule has 1 fully saturated rings. The third-order valence-corrected chi connectivity index (χ3v) is 4.04. The van der Waals surface area contributed by atoms with Crippen LogP contribution < -0.4 is 0 Å². The Morgan fingerprint density at radius 2 is 2.32 bits per heavy atom. The standard InChI is InChI=1S/C14H14BrNO3/c1-8-11-6-9(15)2-3-12(11)19-13(8)14(18)16-5-4-10(17)7-16/h2-3,6,10,17H,4-5,7H2,1H3/t10-/m1/s1. The molecule has 19 heavy (non-hydrogen) atoms. The number of benzene rings is 1. The molecule has 1 aliphatic rings. The number of nitrogens with zero attached hydrogens (tertiary/aromatic N) is 1. The number of aryl methyl sites for hydroxylation is 1. The van der Waals surface area contributed by atoms with Crippen LogP contribution in [0.1, 0.15) is 22.5 Å². The minimum Gasteiger partial charge on any atom is -0.451 e. The van der Waals surface area contributed by atoms with E-state index in [2.05, 4.69) is 15.9 Å². The monoisotopic (exact) mass is 323 g/mol. The summed E-state index contributed by atoms with van der Waals surface area (Å²) in [5.41, 5.74) is 1.56. The molecule has 0 radical (unpaired) electrons. The molecular weight excluding hydrogens is 310 g/mol. The number of aliphatic hydroxyl groups excluding tert-OH is 1. The van der Waals surface area contributed by atoms with Crippen molar-refractivity contribution in [3.8, 4) is 0 Å². The van der Waals surface area contributed by atoms with E-state index in [0.717, 1.165) is 15.4 Å². The summed E-state index contributed by atoms with van der Waals surface area (Å²) in [5, 5.41) is 10.5. The quantitative estimate of drug-likeness (QED) is 0.877. The molecule has 0 saturated carbocycles. The molecule has 1 amide bonds. The van der Waals surface area contributed by atoms with Gasteiger partial charge in [-0.3, -0.25) is 4.79 Å². The zero-order chi connectivity index (χ0) is 13.6. The second-order valence-electron chi connectivity index (χ2n) is 4.89. The van der Waals surface area contributed by atoms with Crippen molar-refractivity contribution in [1.82, 2.24) is 4.90 Å². The minimum atomic E-state index is -0.414. The predicted molar refractivity (Wildman–Crippen MR) is 75.2 cm³/mol. The molecule has 0 aliphatic carbocycles. The first-order chi connectivity index (χ1) is 9.06. The van der Waals surface area contributed by atoms with Crippen LogP contribution in [-0.2, 0) is 0 Å². The van der Waals surface area contributed by atoms with Gasteiger partial charge in [0.2, 0.25) is 0 Å². The lowest BCUT2D eigenvalue weighted by Crippen LogP contribution is -2.29. The number of furan rings is 1. The summed E-state index contributed by atoms with van der Waals surface area (Å²) in [4.78, 5) is 14.0. The van der Waals surface area contributed by atoms with Gasteiger partial charge in [-0.1, -0.05) is 15.9 Å². The third-order valence-electron chi connectivity index (χ3n) is 3.54. The third kappa shape index (κ3) is 2.17. The molecule has 3 rings (SSSR count). The van der Waals surface area contributed by atoms with Gasteiger partial charge in [0.05, 0.1) is 6.10 Å². The van der Waals surface area contributed by atoms with Gasteiger partial charge >= 0.3 is 0 Å². The zero-order valence-electron chi connectivity index (χ0n) is 10.5. The summed E-state index contributed by atoms with van der Waals surface area (Å²) in [6.45, 7) is 2.86. The van der Waals surface area contributed by atoms with Crippen molar-refractivity contribution < 1.29 is 14.3 Å². The predicted octanol–water partition coefficient (Wildman–Crippen LogP) is 2.71. The van der Waals surface area contributed by atoms with Gasteiger partial charge in [0, 0.05) is 28.5 Å². The number of fused-ring (bicyclic) bond motifs is 1. The van der Waals surface area contributed by atoms with Crippen molar-refractivity contribution in [3.05, 3.63) is 34.0 Å². The van der Waals surface area contributed by atoms with Crippen LogP contribution in [0.3, 0.4) is 0 Å². The first-order valence-electron chi connectivity index (χ1n) is 6.22. The average Bonchev–Trinajstić information content (AvgIpc) is 2.94. The number of halogens is 1. The number of rotatable bonds is 1. The molecule has 100 valence electrons. The van der Waals surface area contributed by atoms with Crippen molar-refractivity contribution >= 4 is 32.8 Å². The van der Waals surface area contributed by atoms with Crippen molar-refractivity contribution in [1.29, 1.82) is 0 Å². The molecule has 0 unspecified atom stereocenters. The summed E-state index contributed by atoms with van der Waals surface area (Å²) < 4.78 is 6.63. The van der Waals surface area contributed by atoms with Gasteiger partial charge in [-0.2, -0.15) is 0 Å². The minimum absolute atomic E-state index is 0.138. The Hall–Kier alpha value is -1.33. The van der Waals surface area contributed by atoms with Gasteiger partial charge in [-0.05, 0) is 31.5 Å². The van der Waals surface area contributed by atoms with Crippen LogP contribution in [0.2, 0.25) is 0 Å². The van der Waals surface area contributed by atoms with E-state index < -0.39 is 6.10 Å². The Kier molecular flexibility index (Phi) is 3.11. The second kappa shape index (κ2) is 4.65. The Bertz CT molecular complexity index is 649. The Morgan fingerprint density at radius 1 is 1.53 bits per heavy atom. The van der Waals surface area contributed by atoms with Gasteiger partial charge in [0.15, 0.2) is 5.76 Å². The van der Waals surface area contributed by atoms with E-state index >= 15 is 0 Å². The second-order valence-corrected chi connectivity index (χ2v) is 5.81. The van der Waals surface area contributed by atoms with E-state index in [4.69, 9.17) is 4.42 Å². The van der Waals surface area contributed by atoms with Crippen LogP contribution in [0.15, 0.2) is 27.1 Å². The molecule has 2 aromatic rings. The number of aliphatic hydroxyl groups is 1. The molecule has 2 heterocycles. The highest BCUT2D eigenvalue weighted by molar-refractivity contribution is 9.10. The molecule has 1 aromatic carbocycles. The molecule has 0 bridgehead atoms. The smallest absolute Gasteiger partial charge is 0.289 e. The van der Waals surface area contributed by atoms with E-state index in [9.17, 15) is 9.90 Å². The van der Waals surface area contributed by atoms with Crippen LogP contribution in [0, 0.1) is 6.92 Å². The van der Waals surface area contributed by atoms with Crippen LogP contribution >= 0.6 is 15.9 Å². The molecule has 1 aliphatic heterocycles. The van der Waals surface area contributed by atoms with Crippen LogP contribution in [0.25, 0.3) is 11.0 Å². The number of hydrogen-bond acceptors (Lipinski definition) is 3. The van der Waals surface area contributed by atoms with Crippen molar-refractivity contribution in [2.75, 3.05) is 13.1 Å². The van der Waals surface area contributed by atoms with E-state index in [0.29, 0.717) is 30.9 Å². The fourth-order valence-corrected chi connectivity index (χ4v) is 2.83. The first kappa shape index (κ1) is 12.7. The summed E-state index contributed by atoms with van der Waals surface area (Å²) in [7, 11) is 0. The van der Waals surface area contributed by atoms with Gasteiger partial charge < -0.3 is 14.4 Å². The number of hydrogen-bond donors (Lipinski definition) is 1. The lowest BCUT2D eigenvalue weighted by atomic mass is 10.1. The van der Waals surface area contributed by atoms with Gasteiger partial charge in [0.25, 0.3) is 5.91 Å². The highest BCUT2D eigenvalue weighted by atomic mass is 79.9. The fourth-order valence-electron chi connectivity index (χ4n) is 2.47. The molecule has 5 heteroatoms. The zero-order valence-corrected chi connectivity index (χ0v) is 12.1. The molecule has 1 saturated heterocycles. The molecule has 1 atom stereocenters. The topological polar surface area (TPSA) is 53.7 Å². The van der Waals surface area contributed by atoms with Crippen LogP contribution in [0.4, 0.5) is 0 Å². The number of carbonyl (C=O) groups is 1. The van der Waals surface area contributed by atoms with E-state index in [1.165, 1.54) is 0 Å². The molecule has 1 N–H and O–H groups in total. The van der Waals surface area contributed by atoms with E-state index in [1.54, 1.807) is 4.90 Å². The van der Waals surface area contributed by atoms with Crippen molar-refractivity contribution in [2.24, 2.45) is 0 Å². The van der Waals surface area contributed by atoms with Gasteiger partial charge in [0.1, 0.15) is 5.58 Å². The number of amides is 1. The Balaban J connectivity index is 2.01. The maximum atomic E-state index is 12.4. The van der Waals surface area contributed by atoms with Crippen molar-refractivity contribution in [2.45, 2.75) is 19.4 Å². The first-order valence-corrected chi connectivity index (χ1v) is 7.01. The SMILES string of the molecule is Cc1c(C(=O)N2CC[C@@H](O)C2)oc2ccc(Br)cc12. The maximum Gasteiger partial charge on any atom is 0.289 e. The van der Waals surface area contributed by atoms with Crippen molar-refractivity contribution in [3.63, 3.8) is 0 Å². The Labute approximate surface area is 119 Å². The number of likely N-dealkylation sites (tertiary alicyclic amines) is 1. The van der Waals surface area contributed by atoms with Crippen LogP contribution in [-0.4, -0.2) is 35.1 Å². The lowest BCUT2D eigenvalue weighted by molar-refractivity contribution is 0.0735. The number of carbonyl (C=O) groups excluding carboxylic acids is 1. The summed E-state index contributed by atoms with van der Waals surface area (Å²) in [5.74, 6) is 0.239. The summed E-state index contributed by atoms with van der Waals surface area (Å²) in [6, 6.07) is 5.69. The molecular formula is C14H14BrNO3. The van der Waals surface area contributed by atoms with E-state index in [1.807, 2.05) is 25.1 Å². The average molecular weight is 324 g/mol. The largest absolute Gasteiger partial charge is 0.451 e. The maximum absolute atomic E-state index is 12.4. The molecule has 4 nitrogen and oxygen atoms in total. The van der Waals surface area contributed by atoms with Crippen LogP contribution in [0.5, 0.6) is 0 Å². The summed E-state index contributed by atoms with van der Waals surface area (Å²) in [6.07, 6.45) is 0.221. The van der Waals surface area contributed by atoms with Gasteiger partial charge in [-0.25, -0.2) is 0 Å². The van der Waals surface area contributed by atoms with Gasteiger partial charge in [-0.15, -0.1) is 0 Å². The highest BCUT2D eigenvalue weighted by Gasteiger charge is 2.29. The highest BCUT2D eigenvalue weighted by Crippen LogP contribution is 2.29. The fraction of sp³-hybridized carbons (Fsp3) is 0.357.